The van der Waals surface area contributed by atoms with E-state index in [-0.39, 0.29) is 0 Å². The van der Waals surface area contributed by atoms with Crippen molar-refractivity contribution in [2.24, 2.45) is 0 Å². The topological polar surface area (TPSA) is 20.3 Å². The lowest BCUT2D eigenvalue weighted by molar-refractivity contribution is 0.100. The van der Waals surface area contributed by atoms with E-state index in [0.29, 0.717) is 5.56 Å². The number of hydrogen-bond donors (Lipinski definition) is 0. The van der Waals surface area contributed by atoms with Crippen LogP contribution in [0.4, 0.5) is 4.39 Å². The predicted molar refractivity (Wildman–Crippen MR) is 58.4 cm³/mol. The van der Waals surface area contributed by atoms with Crippen molar-refractivity contribution < 1.29 is 9.18 Å². The molecule has 3 heteroatoms. The Balaban J connectivity index is 2.90. The summed E-state index contributed by atoms with van der Waals surface area (Å²) in [5.41, 5.74) is 1.42. The van der Waals surface area contributed by atoms with Crippen LogP contribution < -0.4 is 0 Å². The summed E-state index contributed by atoms with van der Waals surface area (Å²) in [7, 11) is 3.34. The highest BCUT2D eigenvalue weighted by atomic mass is 19.1. The average molecular weight is 207 g/mol. The summed E-state index contributed by atoms with van der Waals surface area (Å²) in [5, 5.41) is 0. The minimum absolute atomic E-state index is 0.371. The number of benzene rings is 1. The number of allylic oxidation sites excluding steroid dienone is 1. The summed E-state index contributed by atoms with van der Waals surface area (Å²) in [5.74, 6) is -1.33. The number of carbonyl (C=O) groups is 1. The first-order chi connectivity index (χ1) is 7.00. The highest BCUT2D eigenvalue weighted by molar-refractivity contribution is 6.07. The largest absolute Gasteiger partial charge is 0.381 e. The number of halogens is 1. The zero-order chi connectivity index (χ0) is 11.4. The molecule has 0 fully saturated rings. The van der Waals surface area contributed by atoms with E-state index >= 15 is 0 Å². The second-order valence-electron chi connectivity index (χ2n) is 3.64. The van der Waals surface area contributed by atoms with Gasteiger partial charge in [0.1, 0.15) is 0 Å². The van der Waals surface area contributed by atoms with Crippen molar-refractivity contribution in [1.29, 1.82) is 0 Å². The summed E-state index contributed by atoms with van der Waals surface area (Å²) < 4.78 is 13.3. The van der Waals surface area contributed by atoms with Gasteiger partial charge in [-0.25, -0.2) is 4.39 Å². The molecule has 0 saturated carbocycles. The van der Waals surface area contributed by atoms with Crippen LogP contribution in [-0.4, -0.2) is 24.8 Å². The van der Waals surface area contributed by atoms with Crippen LogP contribution in [-0.2, 0) is 0 Å². The molecule has 15 heavy (non-hydrogen) atoms. The van der Waals surface area contributed by atoms with E-state index in [4.69, 9.17) is 0 Å². The Bertz CT molecular complexity index is 379. The number of nitrogens with zero attached hydrogens (tertiary/aromatic N) is 1. The molecule has 0 aliphatic heterocycles. The molecule has 0 aliphatic carbocycles. The van der Waals surface area contributed by atoms with Crippen LogP contribution in [0.25, 0.3) is 0 Å². The third-order valence-electron chi connectivity index (χ3n) is 1.90. The third-order valence-corrected chi connectivity index (χ3v) is 1.90. The standard InChI is InChI=1S/C12H14FNO/c1-9-4-6-10(7-5-9)12(15)11(13)8-14(2)3/h4-8H,1-3H3/b11-8-. The molecule has 0 spiro atoms. The first kappa shape index (κ1) is 11.4. The van der Waals surface area contributed by atoms with Gasteiger partial charge in [-0.05, 0) is 6.92 Å². The van der Waals surface area contributed by atoms with E-state index in [2.05, 4.69) is 0 Å². The number of hydrogen-bond acceptors (Lipinski definition) is 2. The van der Waals surface area contributed by atoms with Crippen LogP contribution in [0, 0.1) is 6.92 Å². The van der Waals surface area contributed by atoms with E-state index in [9.17, 15) is 9.18 Å². The van der Waals surface area contributed by atoms with E-state index in [0.717, 1.165) is 5.56 Å². The van der Waals surface area contributed by atoms with E-state index < -0.39 is 11.6 Å². The molecule has 1 rings (SSSR count). The zero-order valence-corrected chi connectivity index (χ0v) is 9.12. The van der Waals surface area contributed by atoms with Gasteiger partial charge in [0.2, 0.25) is 5.78 Å². The maximum Gasteiger partial charge on any atom is 0.222 e. The van der Waals surface area contributed by atoms with Gasteiger partial charge < -0.3 is 4.90 Å². The molecule has 0 aromatic heterocycles. The molecule has 1 aromatic rings. The second-order valence-corrected chi connectivity index (χ2v) is 3.64. The van der Waals surface area contributed by atoms with Gasteiger partial charge in [0.15, 0.2) is 5.83 Å². The fraction of sp³-hybridized carbons (Fsp3) is 0.250. The zero-order valence-electron chi connectivity index (χ0n) is 9.12. The molecule has 0 atom stereocenters. The number of rotatable bonds is 3. The molecule has 0 unspecified atom stereocenters. The van der Waals surface area contributed by atoms with Gasteiger partial charge in [-0.2, -0.15) is 0 Å². The number of ketones is 1. The second kappa shape index (κ2) is 4.73. The Morgan fingerprint density at radius 3 is 2.27 bits per heavy atom. The fourth-order valence-corrected chi connectivity index (χ4v) is 1.13. The molecular weight excluding hydrogens is 193 g/mol. The maximum atomic E-state index is 13.3. The molecule has 1 aromatic carbocycles. The molecule has 2 nitrogen and oxygen atoms in total. The van der Waals surface area contributed by atoms with Gasteiger partial charge in [0, 0.05) is 25.9 Å². The van der Waals surface area contributed by atoms with Crippen LogP contribution >= 0.6 is 0 Å². The van der Waals surface area contributed by atoms with E-state index in [1.165, 1.54) is 11.1 Å². The summed E-state index contributed by atoms with van der Waals surface area (Å²) in [4.78, 5) is 13.0. The van der Waals surface area contributed by atoms with Crippen molar-refractivity contribution in [3.8, 4) is 0 Å². The van der Waals surface area contributed by atoms with Crippen LogP contribution in [0.1, 0.15) is 15.9 Å². The molecule has 0 saturated heterocycles. The average Bonchev–Trinajstić information content (AvgIpc) is 2.17. The first-order valence-electron chi connectivity index (χ1n) is 4.66. The van der Waals surface area contributed by atoms with Crippen LogP contribution in [0.15, 0.2) is 36.3 Å². The number of carbonyl (C=O) groups excluding carboxylic acids is 1. The van der Waals surface area contributed by atoms with Crippen molar-refractivity contribution in [2.45, 2.75) is 6.92 Å². The summed E-state index contributed by atoms with van der Waals surface area (Å²) >= 11 is 0. The SMILES string of the molecule is Cc1ccc(C(=O)/C(F)=C/N(C)C)cc1. The van der Waals surface area contributed by atoms with Gasteiger partial charge in [-0.3, -0.25) is 4.79 Å². The van der Waals surface area contributed by atoms with Crippen molar-refractivity contribution >= 4 is 5.78 Å². The summed E-state index contributed by atoms with van der Waals surface area (Å²) in [6, 6.07) is 6.83. The van der Waals surface area contributed by atoms with Crippen LogP contribution in [0.3, 0.4) is 0 Å². The molecule has 0 aliphatic rings. The Labute approximate surface area is 89.0 Å². The Kier molecular flexibility index (Phi) is 3.61. The molecule has 80 valence electrons. The highest BCUT2D eigenvalue weighted by Crippen LogP contribution is 2.11. The lowest BCUT2D eigenvalue weighted by Gasteiger charge is -2.05. The van der Waals surface area contributed by atoms with Crippen molar-refractivity contribution in [3.05, 3.63) is 47.4 Å². The lowest BCUT2D eigenvalue weighted by atomic mass is 10.1. The Morgan fingerprint density at radius 2 is 1.80 bits per heavy atom. The third kappa shape index (κ3) is 3.20. The molecular formula is C12H14FNO. The molecule has 0 bridgehead atoms. The van der Waals surface area contributed by atoms with Gasteiger partial charge in [0.25, 0.3) is 0 Å². The Hall–Kier alpha value is -1.64. The molecule has 0 radical (unpaired) electrons. The van der Waals surface area contributed by atoms with Gasteiger partial charge in [-0.1, -0.05) is 29.8 Å². The highest BCUT2D eigenvalue weighted by Gasteiger charge is 2.11. The fourth-order valence-electron chi connectivity index (χ4n) is 1.13. The minimum atomic E-state index is -0.746. The maximum absolute atomic E-state index is 13.3. The predicted octanol–water partition coefficient (Wildman–Crippen LogP) is 2.55. The molecule has 0 N–H and O–H groups in total. The van der Waals surface area contributed by atoms with Crippen LogP contribution in [0.2, 0.25) is 0 Å². The summed E-state index contributed by atoms with van der Waals surface area (Å²) in [6.45, 7) is 1.92. The van der Waals surface area contributed by atoms with Crippen LogP contribution in [0.5, 0.6) is 0 Å². The van der Waals surface area contributed by atoms with Gasteiger partial charge >= 0.3 is 0 Å². The van der Waals surface area contributed by atoms with Gasteiger partial charge in [0.05, 0.1) is 0 Å². The molecule has 0 amide bonds. The minimum Gasteiger partial charge on any atom is -0.381 e. The number of aryl methyl sites for hydroxylation is 1. The van der Waals surface area contributed by atoms with E-state index in [1.807, 2.05) is 6.92 Å². The first-order valence-corrected chi connectivity index (χ1v) is 4.66. The monoisotopic (exact) mass is 207 g/mol. The summed E-state index contributed by atoms with van der Waals surface area (Å²) in [6.07, 6.45) is 1.17. The quantitative estimate of drug-likeness (QED) is 0.560. The number of Topliss-reactive ketones (excluding diaryl/α,β-unsaturated/α-hetero) is 1. The van der Waals surface area contributed by atoms with Crippen molar-refractivity contribution in [1.82, 2.24) is 4.90 Å². The van der Waals surface area contributed by atoms with Gasteiger partial charge in [-0.15, -0.1) is 0 Å². The van der Waals surface area contributed by atoms with Crippen molar-refractivity contribution in [2.75, 3.05) is 14.1 Å². The normalized spacial score (nSPS) is 11.3. The smallest absolute Gasteiger partial charge is 0.222 e. The van der Waals surface area contributed by atoms with Crippen molar-refractivity contribution in [3.63, 3.8) is 0 Å². The Morgan fingerprint density at radius 1 is 1.27 bits per heavy atom. The molecule has 0 heterocycles. The lowest BCUT2D eigenvalue weighted by Crippen LogP contribution is -2.07. The van der Waals surface area contributed by atoms with E-state index in [1.54, 1.807) is 38.4 Å².